The Hall–Kier alpha value is -3.27. The number of benzene rings is 2. The van der Waals surface area contributed by atoms with Gasteiger partial charge in [0.15, 0.2) is 0 Å². The number of non-ortho nitro benzene ring substituents is 1. The highest BCUT2D eigenvalue weighted by atomic mass is 19.4. The Morgan fingerprint density at radius 2 is 1.89 bits per heavy atom. The van der Waals surface area contributed by atoms with Crippen molar-refractivity contribution >= 4 is 17.3 Å². The van der Waals surface area contributed by atoms with Crippen LogP contribution in [0, 0.1) is 17.0 Å². The van der Waals surface area contributed by atoms with Gasteiger partial charge in [0.1, 0.15) is 0 Å². The van der Waals surface area contributed by atoms with Gasteiger partial charge in [-0.15, -0.1) is 0 Å². The standard InChI is InChI=1S/C18H14F3N3O4/c1-11-5-7-12(8-6-11)15-10-17(26,18(19,20)21)23(22-15)16(25)13-3-2-4-14(9-13)24(27)28/h2-9,26H,10H2,1H3/t17-/m0/s1. The third kappa shape index (κ3) is 3.33. The van der Waals surface area contributed by atoms with E-state index in [1.54, 1.807) is 19.1 Å². The quantitative estimate of drug-likeness (QED) is 0.639. The van der Waals surface area contributed by atoms with Crippen LogP contribution in [0.4, 0.5) is 18.9 Å². The van der Waals surface area contributed by atoms with Crippen LogP contribution >= 0.6 is 0 Å². The minimum absolute atomic E-state index is 0.0543. The highest BCUT2D eigenvalue weighted by molar-refractivity contribution is 6.05. The fourth-order valence-corrected chi connectivity index (χ4v) is 2.76. The number of nitro benzene ring substituents is 1. The van der Waals surface area contributed by atoms with E-state index >= 15 is 0 Å². The average Bonchev–Trinajstić information content (AvgIpc) is 3.00. The number of carbonyl (C=O) groups excluding carboxylic acids is 1. The number of alkyl halides is 3. The number of aryl methyl sites for hydroxylation is 1. The minimum Gasteiger partial charge on any atom is -0.362 e. The first kappa shape index (κ1) is 19.5. The normalized spacial score (nSPS) is 19.5. The Morgan fingerprint density at radius 1 is 1.25 bits per heavy atom. The summed E-state index contributed by atoms with van der Waals surface area (Å²) in [6.45, 7) is 1.80. The fraction of sp³-hybridized carbons (Fsp3) is 0.222. The summed E-state index contributed by atoms with van der Waals surface area (Å²) in [5.41, 5.74) is -3.36. The van der Waals surface area contributed by atoms with Crippen molar-refractivity contribution in [2.75, 3.05) is 0 Å². The third-order valence-electron chi connectivity index (χ3n) is 4.32. The maximum Gasteiger partial charge on any atom is 0.438 e. The zero-order chi connectivity index (χ0) is 20.7. The fourth-order valence-electron chi connectivity index (χ4n) is 2.76. The van der Waals surface area contributed by atoms with Crippen LogP contribution in [-0.2, 0) is 0 Å². The molecule has 0 spiro atoms. The van der Waals surface area contributed by atoms with Gasteiger partial charge >= 0.3 is 6.18 Å². The molecule has 1 atom stereocenters. The molecule has 146 valence electrons. The highest BCUT2D eigenvalue weighted by Crippen LogP contribution is 2.42. The molecule has 0 aromatic heterocycles. The van der Waals surface area contributed by atoms with Crippen molar-refractivity contribution in [2.24, 2.45) is 5.10 Å². The summed E-state index contributed by atoms with van der Waals surface area (Å²) in [4.78, 5) is 22.7. The third-order valence-corrected chi connectivity index (χ3v) is 4.32. The van der Waals surface area contributed by atoms with Crippen LogP contribution in [-0.4, -0.2) is 38.6 Å². The van der Waals surface area contributed by atoms with E-state index in [0.717, 1.165) is 23.8 Å². The van der Waals surface area contributed by atoms with Gasteiger partial charge in [-0.3, -0.25) is 14.9 Å². The summed E-state index contributed by atoms with van der Waals surface area (Å²) in [6.07, 6.45) is -6.15. The number of nitro groups is 1. The molecule has 0 bridgehead atoms. The van der Waals surface area contributed by atoms with Gasteiger partial charge in [-0.25, -0.2) is 0 Å². The van der Waals surface area contributed by atoms with Crippen molar-refractivity contribution in [1.29, 1.82) is 0 Å². The summed E-state index contributed by atoms with van der Waals surface area (Å²) < 4.78 is 40.8. The van der Waals surface area contributed by atoms with Crippen LogP contribution in [0.5, 0.6) is 0 Å². The SMILES string of the molecule is Cc1ccc(C2=NN(C(=O)c3cccc([N+](=O)[O-])c3)[C@@](O)(C(F)(F)F)C2)cc1. The van der Waals surface area contributed by atoms with Gasteiger partial charge in [0.25, 0.3) is 17.3 Å². The summed E-state index contributed by atoms with van der Waals surface area (Å²) in [5.74, 6) is -1.30. The van der Waals surface area contributed by atoms with E-state index in [9.17, 15) is 33.2 Å². The number of halogens is 3. The Bertz CT molecular complexity index is 973. The number of carbonyl (C=O) groups is 1. The van der Waals surface area contributed by atoms with Gasteiger partial charge in [-0.1, -0.05) is 35.9 Å². The van der Waals surface area contributed by atoms with Crippen LogP contribution < -0.4 is 0 Å². The molecular weight excluding hydrogens is 379 g/mol. The van der Waals surface area contributed by atoms with E-state index in [1.807, 2.05) is 0 Å². The zero-order valence-electron chi connectivity index (χ0n) is 14.5. The summed E-state index contributed by atoms with van der Waals surface area (Å²) in [6, 6.07) is 10.6. The molecule has 0 saturated heterocycles. The molecule has 28 heavy (non-hydrogen) atoms. The molecule has 0 radical (unpaired) electrons. The number of hydrogen-bond donors (Lipinski definition) is 1. The molecule has 0 aliphatic carbocycles. The molecule has 1 aliphatic rings. The minimum atomic E-state index is -5.20. The van der Waals surface area contributed by atoms with Gasteiger partial charge in [0, 0.05) is 17.7 Å². The number of aliphatic hydroxyl groups is 1. The highest BCUT2D eigenvalue weighted by Gasteiger charge is 2.63. The Balaban J connectivity index is 2.05. The maximum atomic E-state index is 13.6. The van der Waals surface area contributed by atoms with Gasteiger partial charge in [0.2, 0.25) is 0 Å². The second-order valence-corrected chi connectivity index (χ2v) is 6.33. The van der Waals surface area contributed by atoms with E-state index in [1.165, 1.54) is 18.2 Å². The Labute approximate surface area is 156 Å². The Kier molecular flexibility index (Phi) is 4.67. The molecular formula is C18H14F3N3O4. The van der Waals surface area contributed by atoms with E-state index in [-0.39, 0.29) is 10.7 Å². The molecule has 7 nitrogen and oxygen atoms in total. The van der Waals surface area contributed by atoms with Crippen molar-refractivity contribution in [2.45, 2.75) is 25.2 Å². The monoisotopic (exact) mass is 393 g/mol. The van der Waals surface area contributed by atoms with Crippen molar-refractivity contribution in [3.05, 3.63) is 75.3 Å². The second kappa shape index (κ2) is 6.71. The molecule has 0 fully saturated rings. The molecule has 0 saturated carbocycles. The van der Waals surface area contributed by atoms with Crippen molar-refractivity contribution < 1.29 is 28.0 Å². The van der Waals surface area contributed by atoms with Gasteiger partial charge in [-0.2, -0.15) is 23.3 Å². The molecule has 2 aromatic rings. The number of amides is 1. The smallest absolute Gasteiger partial charge is 0.362 e. The summed E-state index contributed by atoms with van der Waals surface area (Å²) in [7, 11) is 0. The predicted molar refractivity (Wildman–Crippen MR) is 92.6 cm³/mol. The molecule has 2 aromatic carbocycles. The largest absolute Gasteiger partial charge is 0.438 e. The van der Waals surface area contributed by atoms with Crippen molar-refractivity contribution in [3.63, 3.8) is 0 Å². The Morgan fingerprint density at radius 3 is 2.46 bits per heavy atom. The van der Waals surface area contributed by atoms with Crippen LogP contribution in [0.2, 0.25) is 0 Å². The molecule has 1 N–H and O–H groups in total. The molecule has 1 amide bonds. The van der Waals surface area contributed by atoms with Crippen LogP contribution in [0.3, 0.4) is 0 Å². The van der Waals surface area contributed by atoms with E-state index in [2.05, 4.69) is 5.10 Å². The van der Waals surface area contributed by atoms with Crippen molar-refractivity contribution in [1.82, 2.24) is 5.01 Å². The van der Waals surface area contributed by atoms with Crippen molar-refractivity contribution in [3.8, 4) is 0 Å². The predicted octanol–water partition coefficient (Wildman–Crippen LogP) is 3.40. The first-order valence-electron chi connectivity index (χ1n) is 8.05. The van der Waals surface area contributed by atoms with E-state index < -0.39 is 40.4 Å². The van der Waals surface area contributed by atoms with Gasteiger partial charge in [-0.05, 0) is 18.6 Å². The lowest BCUT2D eigenvalue weighted by Crippen LogP contribution is -2.56. The zero-order valence-corrected chi connectivity index (χ0v) is 14.5. The molecule has 0 unspecified atom stereocenters. The number of hydrazone groups is 1. The summed E-state index contributed by atoms with van der Waals surface area (Å²) >= 11 is 0. The maximum absolute atomic E-state index is 13.6. The number of hydrogen-bond acceptors (Lipinski definition) is 5. The number of nitrogens with zero attached hydrogens (tertiary/aromatic N) is 3. The van der Waals surface area contributed by atoms with Crippen LogP contribution in [0.25, 0.3) is 0 Å². The molecule has 1 aliphatic heterocycles. The lowest BCUT2D eigenvalue weighted by atomic mass is 10.00. The lowest BCUT2D eigenvalue weighted by molar-refractivity contribution is -0.384. The molecule has 1 heterocycles. The first-order valence-corrected chi connectivity index (χ1v) is 8.05. The lowest BCUT2D eigenvalue weighted by Gasteiger charge is -2.32. The van der Waals surface area contributed by atoms with Gasteiger partial charge in [0.05, 0.1) is 17.1 Å². The van der Waals surface area contributed by atoms with Crippen LogP contribution in [0.1, 0.15) is 27.9 Å². The molecule has 3 rings (SSSR count). The van der Waals surface area contributed by atoms with E-state index in [0.29, 0.717) is 5.56 Å². The second-order valence-electron chi connectivity index (χ2n) is 6.33. The average molecular weight is 393 g/mol. The van der Waals surface area contributed by atoms with Gasteiger partial charge < -0.3 is 5.11 Å². The van der Waals surface area contributed by atoms with Crippen LogP contribution in [0.15, 0.2) is 53.6 Å². The first-order chi connectivity index (χ1) is 13.0. The number of rotatable bonds is 3. The topological polar surface area (TPSA) is 96.0 Å². The molecule has 10 heteroatoms. The summed E-state index contributed by atoms with van der Waals surface area (Å²) in [5, 5.41) is 24.9. The van der Waals surface area contributed by atoms with E-state index in [4.69, 9.17) is 0 Å².